The number of hydrogen-bond donors (Lipinski definition) is 2. The summed E-state index contributed by atoms with van der Waals surface area (Å²) >= 11 is 0. The van der Waals surface area contributed by atoms with Crippen molar-refractivity contribution in [3.05, 3.63) is 115 Å². The van der Waals surface area contributed by atoms with Gasteiger partial charge in [-0.05, 0) is 90.3 Å². The molecule has 17 nitrogen and oxygen atoms in total. The summed E-state index contributed by atoms with van der Waals surface area (Å²) in [6.45, 7) is 0. The van der Waals surface area contributed by atoms with E-state index < -0.39 is 50.8 Å². The molecule has 0 saturated carbocycles. The molecular weight excluding hydrogens is 856 g/mol. The first kappa shape index (κ1) is 48.1. The Hall–Kier alpha value is -3.55. The average Bonchev–Trinajstić information content (AvgIpc) is 3.15. The van der Waals surface area contributed by atoms with E-state index in [4.69, 9.17) is 5.73 Å². The van der Waals surface area contributed by atoms with Gasteiger partial charge in [0.2, 0.25) is 0 Å². The molecule has 0 unspecified atom stereocenters. The Bertz CT molecular complexity index is 3210. The number of nitrogen functional groups attached to an aromatic ring is 1. The molecule has 0 aromatic heterocycles. The first-order chi connectivity index (χ1) is 26.5. The van der Waals surface area contributed by atoms with Gasteiger partial charge in [-0.25, -0.2) is 16.8 Å². The number of fused-ring (bicyclic) bond motifs is 3. The predicted molar refractivity (Wildman–Crippen MR) is 200 cm³/mol. The van der Waals surface area contributed by atoms with Crippen molar-refractivity contribution in [3.8, 4) is 5.75 Å². The number of nitrogens with zero attached hydrogens (tertiary/aromatic N) is 6. The summed E-state index contributed by atoms with van der Waals surface area (Å²) in [6, 6.07) is 25.5. The van der Waals surface area contributed by atoms with E-state index in [0.717, 1.165) is 36.4 Å². The maximum absolute atomic E-state index is 12.8. The Balaban J connectivity index is 0.00000256. The Kier molecular flexibility index (Phi) is 15.5. The fourth-order valence-electron chi connectivity index (χ4n) is 5.64. The van der Waals surface area contributed by atoms with Gasteiger partial charge in [0.1, 0.15) is 20.2 Å². The zero-order valence-electron chi connectivity index (χ0n) is 31.1. The second kappa shape index (κ2) is 19.0. The summed E-state index contributed by atoms with van der Waals surface area (Å²) in [5.41, 5.74) is 6.95. The predicted octanol–water partition coefficient (Wildman–Crippen LogP) is -0.885. The Morgan fingerprint density at radius 1 is 0.458 bits per heavy atom. The third kappa shape index (κ3) is 10.9. The molecule has 0 spiro atoms. The summed E-state index contributed by atoms with van der Waals surface area (Å²) < 4.78 is 105. The molecule has 7 aromatic carbocycles. The molecule has 23 heteroatoms. The minimum absolute atomic E-state index is 0. The fourth-order valence-corrected chi connectivity index (χ4v) is 7.14. The quantitative estimate of drug-likeness (QED) is 0.0777. The van der Waals surface area contributed by atoms with Crippen LogP contribution in [-0.4, -0.2) is 38.9 Å². The van der Waals surface area contributed by atoms with Crippen LogP contribution in [0.5, 0.6) is 5.75 Å². The van der Waals surface area contributed by atoms with Gasteiger partial charge in [0, 0.05) is 32.6 Å². The summed E-state index contributed by atoms with van der Waals surface area (Å²) in [4.78, 5) is -1.60. The van der Waals surface area contributed by atoms with Gasteiger partial charge in [-0.15, -0.1) is 20.5 Å². The Morgan fingerprint density at radius 2 is 0.864 bits per heavy atom. The van der Waals surface area contributed by atoms with Crippen LogP contribution in [0.3, 0.4) is 0 Å². The van der Waals surface area contributed by atoms with E-state index in [1.165, 1.54) is 54.6 Å². The van der Waals surface area contributed by atoms with Gasteiger partial charge in [0.25, 0.3) is 10.1 Å². The van der Waals surface area contributed by atoms with Crippen molar-refractivity contribution in [2.75, 3.05) is 5.73 Å². The van der Waals surface area contributed by atoms with Gasteiger partial charge >= 0.3 is 88.7 Å². The van der Waals surface area contributed by atoms with Crippen LogP contribution in [0.4, 0.5) is 39.8 Å². The zero-order valence-corrected chi connectivity index (χ0v) is 39.5. The van der Waals surface area contributed by atoms with Crippen LogP contribution in [0.2, 0.25) is 0 Å². The fraction of sp³-hybridized carbons (Fsp3) is 0. The van der Waals surface area contributed by atoms with Gasteiger partial charge in [0.05, 0.1) is 48.8 Å². The van der Waals surface area contributed by atoms with Gasteiger partial charge < -0.3 is 19.9 Å². The summed E-state index contributed by atoms with van der Waals surface area (Å²) in [6.07, 6.45) is 0. The maximum Gasteiger partial charge on any atom is 1.00 e. The van der Waals surface area contributed by atoms with Crippen molar-refractivity contribution in [1.82, 2.24) is 0 Å². The molecule has 0 heterocycles. The van der Waals surface area contributed by atoms with Crippen LogP contribution < -0.4 is 99.5 Å². The van der Waals surface area contributed by atoms with E-state index in [9.17, 15) is 44.0 Å². The Morgan fingerprint density at radius 3 is 1.37 bits per heavy atom. The van der Waals surface area contributed by atoms with Crippen molar-refractivity contribution in [1.29, 1.82) is 0 Å². The molecule has 0 atom stereocenters. The average molecular weight is 878 g/mol. The standard InChI is InChI=1S/C36H25N7O10S3.3Na/c37-21-3-5-22(6-4-21)38-39-33-14-12-31(26-10-8-24(18-29(26)33)55(48,49)50)40-41-34-15-13-32(27-11-9-25(19-30(27)34)56(51,52)53)42-43-36-28-17-23(54(45,46)47)7-1-20(28)2-16-35(36)44;;;/h1-19,44H,37H2,(H,45,46,47)(H,48,49,50)(H,51,52,53);;;/q;3*+1/p-3. The number of azo groups is 3. The van der Waals surface area contributed by atoms with E-state index in [-0.39, 0.29) is 139 Å². The molecule has 0 radical (unpaired) electrons. The van der Waals surface area contributed by atoms with E-state index in [1.807, 2.05) is 0 Å². The number of benzene rings is 7. The number of anilines is 1. The van der Waals surface area contributed by atoms with Gasteiger partial charge in [-0.2, -0.15) is 18.6 Å². The second-order valence-electron chi connectivity index (χ2n) is 12.0. The maximum atomic E-state index is 12.8. The van der Waals surface area contributed by atoms with E-state index in [1.54, 1.807) is 24.3 Å². The summed E-state index contributed by atoms with van der Waals surface area (Å²) in [5, 5.41) is 39.5. The van der Waals surface area contributed by atoms with E-state index >= 15 is 0 Å². The first-order valence-electron chi connectivity index (χ1n) is 15.8. The van der Waals surface area contributed by atoms with Gasteiger partial charge in [0.15, 0.2) is 0 Å². The SMILES string of the molecule is Nc1ccc(N=Nc2ccc(N=Nc3ccc(N=Nc4c([O-])ccc5ccc(S(=O)(=O)[O-])cc45)c4ccc(S(=O)(=O)O)cc34)c3ccc(S(=O)(=O)[O-])cc23)cc1.[Na+].[Na+].[Na+]. The minimum atomic E-state index is -4.87. The summed E-state index contributed by atoms with van der Waals surface area (Å²) in [5.74, 6) is -0.630. The van der Waals surface area contributed by atoms with E-state index in [2.05, 4.69) is 30.7 Å². The van der Waals surface area contributed by atoms with Crippen molar-refractivity contribution < 1.29 is 133 Å². The monoisotopic (exact) mass is 877 g/mol. The zero-order chi connectivity index (χ0) is 40.0. The molecule has 0 fully saturated rings. The summed E-state index contributed by atoms with van der Waals surface area (Å²) in [7, 11) is -14.4. The molecule has 0 bridgehead atoms. The minimum Gasteiger partial charge on any atom is -0.871 e. The molecule has 59 heavy (non-hydrogen) atoms. The van der Waals surface area contributed by atoms with Crippen LogP contribution in [0, 0.1) is 0 Å². The number of hydrogen-bond acceptors (Lipinski definition) is 16. The topological polar surface area (TPSA) is 292 Å². The van der Waals surface area contributed by atoms with Crippen LogP contribution in [0.25, 0.3) is 32.3 Å². The van der Waals surface area contributed by atoms with Crippen molar-refractivity contribution >= 4 is 102 Å². The van der Waals surface area contributed by atoms with Gasteiger partial charge in [-0.3, -0.25) is 4.55 Å². The third-order valence-corrected chi connectivity index (χ3v) is 10.9. The van der Waals surface area contributed by atoms with Crippen LogP contribution in [0.15, 0.2) is 161 Å². The molecule has 7 rings (SSSR count). The molecule has 0 aliphatic heterocycles. The van der Waals surface area contributed by atoms with Crippen molar-refractivity contribution in [2.24, 2.45) is 30.7 Å². The van der Waals surface area contributed by atoms with Crippen LogP contribution in [-0.2, 0) is 30.4 Å². The second-order valence-corrected chi connectivity index (χ2v) is 16.2. The van der Waals surface area contributed by atoms with E-state index in [0.29, 0.717) is 22.1 Å². The molecule has 282 valence electrons. The van der Waals surface area contributed by atoms with Crippen molar-refractivity contribution in [2.45, 2.75) is 14.7 Å². The van der Waals surface area contributed by atoms with Gasteiger partial charge in [-0.1, -0.05) is 36.1 Å². The van der Waals surface area contributed by atoms with Crippen LogP contribution >= 0.6 is 0 Å². The molecule has 0 aliphatic carbocycles. The normalized spacial score (nSPS) is 12.3. The first-order valence-corrected chi connectivity index (χ1v) is 20.1. The van der Waals surface area contributed by atoms with Crippen molar-refractivity contribution in [3.63, 3.8) is 0 Å². The number of rotatable bonds is 9. The molecule has 0 amide bonds. The molecular formula is C36H22N7Na3O10S3. The Labute approximate surface area is 402 Å². The largest absolute Gasteiger partial charge is 1.00 e. The molecule has 7 aromatic rings. The molecule has 0 saturated heterocycles. The molecule has 3 N–H and O–H groups in total. The molecule has 0 aliphatic rings. The van der Waals surface area contributed by atoms with Crippen LogP contribution in [0.1, 0.15) is 0 Å². The smallest absolute Gasteiger partial charge is 0.871 e. The number of nitrogens with two attached hydrogens (primary N) is 1. The third-order valence-electron chi connectivity index (χ3n) is 8.38.